The van der Waals surface area contributed by atoms with Crippen molar-refractivity contribution in [2.24, 2.45) is 11.8 Å². The summed E-state index contributed by atoms with van der Waals surface area (Å²) in [7, 11) is 0. The third kappa shape index (κ3) is 4.84. The van der Waals surface area contributed by atoms with E-state index >= 15 is 0 Å². The molecule has 2 nitrogen and oxygen atoms in total. The van der Waals surface area contributed by atoms with Crippen LogP contribution in [0.1, 0.15) is 37.8 Å². The minimum absolute atomic E-state index is 0.200. The smallest absolute Gasteiger partial charge is 0.124 e. The van der Waals surface area contributed by atoms with E-state index in [2.05, 4.69) is 30.6 Å². The first-order chi connectivity index (χ1) is 10.1. The number of aliphatic hydroxyl groups is 1. The summed E-state index contributed by atoms with van der Waals surface area (Å²) in [4.78, 5) is 2.39. The Morgan fingerprint density at radius 3 is 2.62 bits per heavy atom. The van der Waals surface area contributed by atoms with E-state index in [-0.39, 0.29) is 12.4 Å². The molecule has 1 saturated heterocycles. The second kappa shape index (κ2) is 7.59. The summed E-state index contributed by atoms with van der Waals surface area (Å²) in [5.74, 6) is 6.66. The minimum atomic E-state index is -0.258. The van der Waals surface area contributed by atoms with Crippen LogP contribution in [0.3, 0.4) is 0 Å². The second-order valence-electron chi connectivity index (χ2n) is 6.17. The lowest BCUT2D eigenvalue weighted by molar-refractivity contribution is 0.152. The monoisotopic (exact) mass is 289 g/mol. The molecule has 0 aromatic heterocycles. The van der Waals surface area contributed by atoms with E-state index in [1.165, 1.54) is 18.9 Å². The molecule has 0 unspecified atom stereocenters. The predicted molar refractivity (Wildman–Crippen MR) is 83.2 cm³/mol. The number of piperidine rings is 1. The molecule has 1 aromatic carbocycles. The van der Waals surface area contributed by atoms with Crippen LogP contribution in [0.2, 0.25) is 0 Å². The van der Waals surface area contributed by atoms with Crippen molar-refractivity contribution in [1.82, 2.24) is 4.90 Å². The van der Waals surface area contributed by atoms with Crippen LogP contribution in [0.5, 0.6) is 0 Å². The largest absolute Gasteiger partial charge is 0.384 e. The molecule has 0 spiro atoms. The number of nitrogens with zero attached hydrogens (tertiary/aromatic N) is 1. The highest BCUT2D eigenvalue weighted by molar-refractivity contribution is 5.37. The van der Waals surface area contributed by atoms with Crippen LogP contribution in [0.4, 0.5) is 4.39 Å². The van der Waals surface area contributed by atoms with Gasteiger partial charge in [0.2, 0.25) is 0 Å². The first kappa shape index (κ1) is 16.0. The van der Waals surface area contributed by atoms with Gasteiger partial charge in [0.15, 0.2) is 0 Å². The Kier molecular flexibility index (Phi) is 5.78. The third-order valence-electron chi connectivity index (χ3n) is 4.25. The Morgan fingerprint density at radius 1 is 1.29 bits per heavy atom. The summed E-state index contributed by atoms with van der Waals surface area (Å²) >= 11 is 0. The molecule has 0 bridgehead atoms. The standard InChI is InChI=1S/C18H24FNO/c1-14(2)17-5-7-20(8-6-17)13-16-10-15(4-3-9-21)11-18(19)12-16/h10-12,14,17,21H,5-9,13H2,1-2H3. The van der Waals surface area contributed by atoms with Crippen molar-refractivity contribution >= 4 is 0 Å². The van der Waals surface area contributed by atoms with E-state index in [0.29, 0.717) is 5.56 Å². The minimum Gasteiger partial charge on any atom is -0.384 e. The van der Waals surface area contributed by atoms with E-state index in [1.807, 2.05) is 6.07 Å². The molecule has 1 aliphatic heterocycles. The summed E-state index contributed by atoms with van der Waals surface area (Å²) in [6.07, 6.45) is 2.45. The van der Waals surface area contributed by atoms with E-state index in [0.717, 1.165) is 37.0 Å². The van der Waals surface area contributed by atoms with E-state index in [9.17, 15) is 4.39 Å². The van der Waals surface area contributed by atoms with Crippen LogP contribution in [0.25, 0.3) is 0 Å². The highest BCUT2D eigenvalue weighted by atomic mass is 19.1. The Bertz CT molecular complexity index is 522. The lowest BCUT2D eigenvalue weighted by Crippen LogP contribution is -2.34. The van der Waals surface area contributed by atoms with Gasteiger partial charge in [-0.1, -0.05) is 25.7 Å². The molecule has 1 aliphatic rings. The molecule has 0 atom stereocenters. The Hall–Kier alpha value is -1.37. The molecule has 0 amide bonds. The number of hydrogen-bond acceptors (Lipinski definition) is 2. The lowest BCUT2D eigenvalue weighted by Gasteiger charge is -2.33. The van der Waals surface area contributed by atoms with E-state index < -0.39 is 0 Å². The fourth-order valence-electron chi connectivity index (χ4n) is 2.99. The van der Waals surface area contributed by atoms with Crippen LogP contribution < -0.4 is 0 Å². The van der Waals surface area contributed by atoms with Gasteiger partial charge in [0.05, 0.1) is 0 Å². The number of benzene rings is 1. The van der Waals surface area contributed by atoms with Gasteiger partial charge in [0.25, 0.3) is 0 Å². The average Bonchev–Trinajstić information content (AvgIpc) is 2.45. The van der Waals surface area contributed by atoms with Gasteiger partial charge in [-0.25, -0.2) is 4.39 Å². The molecule has 1 aromatic rings. The quantitative estimate of drug-likeness (QED) is 0.865. The number of likely N-dealkylation sites (tertiary alicyclic amines) is 1. The van der Waals surface area contributed by atoms with Gasteiger partial charge in [0, 0.05) is 12.1 Å². The van der Waals surface area contributed by atoms with Gasteiger partial charge in [-0.3, -0.25) is 4.90 Å². The Balaban J connectivity index is 1.99. The van der Waals surface area contributed by atoms with Gasteiger partial charge < -0.3 is 5.11 Å². The number of aliphatic hydroxyl groups excluding tert-OH is 1. The number of rotatable bonds is 3. The van der Waals surface area contributed by atoms with Crippen LogP contribution in [-0.4, -0.2) is 29.7 Å². The molecule has 0 aliphatic carbocycles. The summed E-state index contributed by atoms with van der Waals surface area (Å²) in [5, 5.41) is 8.72. The summed E-state index contributed by atoms with van der Waals surface area (Å²) < 4.78 is 13.6. The zero-order valence-corrected chi connectivity index (χ0v) is 12.9. The highest BCUT2D eigenvalue weighted by Crippen LogP contribution is 2.25. The molecule has 3 heteroatoms. The second-order valence-corrected chi connectivity index (χ2v) is 6.17. The van der Waals surface area contributed by atoms with Crippen LogP contribution in [0, 0.1) is 29.5 Å². The van der Waals surface area contributed by atoms with E-state index in [1.54, 1.807) is 6.07 Å². The first-order valence-corrected chi connectivity index (χ1v) is 7.70. The highest BCUT2D eigenvalue weighted by Gasteiger charge is 2.21. The third-order valence-corrected chi connectivity index (χ3v) is 4.25. The van der Waals surface area contributed by atoms with Crippen molar-refractivity contribution in [3.05, 3.63) is 35.1 Å². The number of halogens is 1. The van der Waals surface area contributed by atoms with Crippen LogP contribution >= 0.6 is 0 Å². The lowest BCUT2D eigenvalue weighted by atomic mass is 9.86. The van der Waals surface area contributed by atoms with Gasteiger partial charge in [0.1, 0.15) is 12.4 Å². The summed E-state index contributed by atoms with van der Waals surface area (Å²) in [6, 6.07) is 4.91. The fourth-order valence-corrected chi connectivity index (χ4v) is 2.99. The van der Waals surface area contributed by atoms with Gasteiger partial charge in [-0.15, -0.1) is 0 Å². The molecule has 1 fully saturated rings. The Labute approximate surface area is 127 Å². The van der Waals surface area contributed by atoms with Gasteiger partial charge in [-0.05, 0) is 61.5 Å². The maximum atomic E-state index is 13.6. The fraction of sp³-hybridized carbons (Fsp3) is 0.556. The average molecular weight is 289 g/mol. The molecule has 1 heterocycles. The molecule has 0 radical (unpaired) electrons. The molecule has 1 N–H and O–H groups in total. The first-order valence-electron chi connectivity index (χ1n) is 7.70. The molecular formula is C18H24FNO. The summed E-state index contributed by atoms with van der Waals surface area (Å²) in [6.45, 7) is 7.32. The SMILES string of the molecule is CC(C)C1CCN(Cc2cc(F)cc(C#CCO)c2)CC1. The van der Waals surface area contributed by atoms with Crippen molar-refractivity contribution in [2.75, 3.05) is 19.7 Å². The molecule has 114 valence electrons. The molecular weight excluding hydrogens is 265 g/mol. The zero-order valence-electron chi connectivity index (χ0n) is 12.9. The molecule has 2 rings (SSSR count). The van der Waals surface area contributed by atoms with Crippen LogP contribution in [0.15, 0.2) is 18.2 Å². The van der Waals surface area contributed by atoms with Crippen molar-refractivity contribution in [2.45, 2.75) is 33.2 Å². The van der Waals surface area contributed by atoms with Crippen molar-refractivity contribution in [1.29, 1.82) is 0 Å². The van der Waals surface area contributed by atoms with Crippen molar-refractivity contribution < 1.29 is 9.50 Å². The van der Waals surface area contributed by atoms with Crippen molar-refractivity contribution in [3.63, 3.8) is 0 Å². The van der Waals surface area contributed by atoms with Crippen LogP contribution in [-0.2, 0) is 6.54 Å². The van der Waals surface area contributed by atoms with Crippen molar-refractivity contribution in [3.8, 4) is 11.8 Å². The van der Waals surface area contributed by atoms with Gasteiger partial charge >= 0.3 is 0 Å². The normalized spacial score (nSPS) is 16.8. The maximum Gasteiger partial charge on any atom is 0.124 e. The molecule has 0 saturated carbocycles. The topological polar surface area (TPSA) is 23.5 Å². The molecule has 21 heavy (non-hydrogen) atoms. The summed E-state index contributed by atoms with van der Waals surface area (Å²) in [5.41, 5.74) is 1.59. The zero-order chi connectivity index (χ0) is 15.2. The number of hydrogen-bond donors (Lipinski definition) is 1. The maximum absolute atomic E-state index is 13.6. The van der Waals surface area contributed by atoms with Gasteiger partial charge in [-0.2, -0.15) is 0 Å². The predicted octanol–water partition coefficient (Wildman–Crippen LogP) is 3.04. The Morgan fingerprint density at radius 2 is 2.00 bits per heavy atom. The van der Waals surface area contributed by atoms with E-state index in [4.69, 9.17) is 5.11 Å².